The smallest absolute Gasteiger partial charge is 0.305 e. The van der Waals surface area contributed by atoms with Crippen LogP contribution in [0.1, 0.15) is 40.0 Å². The van der Waals surface area contributed by atoms with Crippen LogP contribution in [0.5, 0.6) is 0 Å². The molecule has 0 aliphatic carbocycles. The van der Waals surface area contributed by atoms with Crippen molar-refractivity contribution in [2.75, 3.05) is 0 Å². The Labute approximate surface area is 73.7 Å². The number of hydrogen-bond acceptors (Lipinski definition) is 2. The quantitative estimate of drug-likeness (QED) is 0.670. The van der Waals surface area contributed by atoms with E-state index in [0.717, 1.165) is 12.8 Å². The number of carboxylic acids is 1. The van der Waals surface area contributed by atoms with E-state index in [1.807, 2.05) is 6.92 Å². The summed E-state index contributed by atoms with van der Waals surface area (Å²) < 4.78 is 5.42. The lowest BCUT2D eigenvalue weighted by molar-refractivity contribution is -0.140. The van der Waals surface area contributed by atoms with Gasteiger partial charge in [0.05, 0.1) is 18.6 Å². The lowest BCUT2D eigenvalue weighted by atomic mass is 10.2. The summed E-state index contributed by atoms with van der Waals surface area (Å²) in [4.78, 5) is 10.3. The zero-order chi connectivity index (χ0) is 9.56. The van der Waals surface area contributed by atoms with Gasteiger partial charge in [0.1, 0.15) is 0 Å². The molecule has 0 aromatic rings. The minimum atomic E-state index is -0.800. The molecule has 0 aliphatic heterocycles. The van der Waals surface area contributed by atoms with E-state index in [4.69, 9.17) is 9.84 Å². The van der Waals surface area contributed by atoms with Crippen molar-refractivity contribution in [3.8, 4) is 0 Å². The van der Waals surface area contributed by atoms with Gasteiger partial charge in [-0.3, -0.25) is 4.79 Å². The molecule has 0 radical (unpaired) electrons. The second kappa shape index (κ2) is 6.00. The molecule has 3 nitrogen and oxygen atoms in total. The molecule has 0 aromatic carbocycles. The standard InChI is InChI=1S/C9H18O3/c1-4-5-7(2)12-8(3)6-9(10)11/h7-8H,4-6H2,1-3H3,(H,10,11)/t7?,8-/m1/s1. The third-order valence-electron chi connectivity index (χ3n) is 1.62. The molecular formula is C9H18O3. The van der Waals surface area contributed by atoms with Crippen LogP contribution in [0.15, 0.2) is 0 Å². The largest absolute Gasteiger partial charge is 0.481 e. The van der Waals surface area contributed by atoms with Crippen LogP contribution in [0.2, 0.25) is 0 Å². The first-order chi connectivity index (χ1) is 5.56. The second-order valence-corrected chi connectivity index (χ2v) is 3.14. The molecule has 0 aromatic heterocycles. The van der Waals surface area contributed by atoms with Gasteiger partial charge in [-0.05, 0) is 20.3 Å². The fourth-order valence-corrected chi connectivity index (χ4v) is 1.17. The number of ether oxygens (including phenoxy) is 1. The zero-order valence-electron chi connectivity index (χ0n) is 8.04. The maximum atomic E-state index is 10.3. The van der Waals surface area contributed by atoms with Crippen molar-refractivity contribution in [1.82, 2.24) is 0 Å². The lowest BCUT2D eigenvalue weighted by Crippen LogP contribution is -2.19. The maximum absolute atomic E-state index is 10.3. The number of hydrogen-bond donors (Lipinski definition) is 1. The monoisotopic (exact) mass is 174 g/mol. The molecular weight excluding hydrogens is 156 g/mol. The first-order valence-corrected chi connectivity index (χ1v) is 4.43. The van der Waals surface area contributed by atoms with Crippen molar-refractivity contribution >= 4 is 5.97 Å². The highest BCUT2D eigenvalue weighted by molar-refractivity contribution is 5.67. The average molecular weight is 174 g/mol. The molecule has 0 saturated carbocycles. The highest BCUT2D eigenvalue weighted by Crippen LogP contribution is 2.06. The van der Waals surface area contributed by atoms with E-state index in [2.05, 4.69) is 6.92 Å². The van der Waals surface area contributed by atoms with E-state index in [-0.39, 0.29) is 18.6 Å². The zero-order valence-corrected chi connectivity index (χ0v) is 8.04. The van der Waals surface area contributed by atoms with Crippen LogP contribution in [-0.4, -0.2) is 23.3 Å². The molecule has 0 heterocycles. The molecule has 12 heavy (non-hydrogen) atoms. The molecule has 0 amide bonds. The van der Waals surface area contributed by atoms with Crippen LogP contribution in [-0.2, 0) is 9.53 Å². The lowest BCUT2D eigenvalue weighted by Gasteiger charge is -2.16. The summed E-state index contributed by atoms with van der Waals surface area (Å²) in [6.45, 7) is 5.85. The summed E-state index contributed by atoms with van der Waals surface area (Å²) >= 11 is 0. The van der Waals surface area contributed by atoms with Crippen LogP contribution >= 0.6 is 0 Å². The Balaban J connectivity index is 3.53. The number of carboxylic acid groups (broad SMARTS) is 1. The number of rotatable bonds is 6. The Morgan fingerprint density at radius 3 is 2.42 bits per heavy atom. The predicted octanol–water partition coefficient (Wildman–Crippen LogP) is 2.05. The Bertz CT molecular complexity index is 134. The number of aliphatic carboxylic acids is 1. The molecule has 0 aliphatic rings. The minimum absolute atomic E-state index is 0.0913. The van der Waals surface area contributed by atoms with Crippen molar-refractivity contribution in [3.05, 3.63) is 0 Å². The fraction of sp³-hybridized carbons (Fsp3) is 0.889. The van der Waals surface area contributed by atoms with E-state index in [9.17, 15) is 4.79 Å². The fourth-order valence-electron chi connectivity index (χ4n) is 1.17. The van der Waals surface area contributed by atoms with E-state index in [1.165, 1.54) is 0 Å². The summed E-state index contributed by atoms with van der Waals surface area (Å²) in [6.07, 6.45) is 2.15. The van der Waals surface area contributed by atoms with E-state index in [0.29, 0.717) is 0 Å². The van der Waals surface area contributed by atoms with Gasteiger partial charge < -0.3 is 9.84 Å². The predicted molar refractivity (Wildman–Crippen MR) is 47.2 cm³/mol. The van der Waals surface area contributed by atoms with Gasteiger partial charge in [-0.2, -0.15) is 0 Å². The van der Waals surface area contributed by atoms with Gasteiger partial charge in [-0.25, -0.2) is 0 Å². The van der Waals surface area contributed by atoms with Crippen molar-refractivity contribution in [3.63, 3.8) is 0 Å². The normalized spacial score (nSPS) is 15.6. The summed E-state index contributed by atoms with van der Waals surface area (Å²) in [6, 6.07) is 0. The van der Waals surface area contributed by atoms with Crippen LogP contribution < -0.4 is 0 Å². The van der Waals surface area contributed by atoms with Crippen molar-refractivity contribution in [2.45, 2.75) is 52.2 Å². The van der Waals surface area contributed by atoms with E-state index in [1.54, 1.807) is 6.92 Å². The highest BCUT2D eigenvalue weighted by atomic mass is 16.5. The Morgan fingerprint density at radius 1 is 1.42 bits per heavy atom. The van der Waals surface area contributed by atoms with Crippen molar-refractivity contribution < 1.29 is 14.6 Å². The van der Waals surface area contributed by atoms with Crippen LogP contribution in [0.25, 0.3) is 0 Å². The van der Waals surface area contributed by atoms with Gasteiger partial charge in [0, 0.05) is 0 Å². The number of carbonyl (C=O) groups is 1. The van der Waals surface area contributed by atoms with Gasteiger partial charge >= 0.3 is 5.97 Å². The first-order valence-electron chi connectivity index (χ1n) is 4.43. The summed E-state index contributed by atoms with van der Waals surface area (Å²) in [7, 11) is 0. The summed E-state index contributed by atoms with van der Waals surface area (Å²) in [5.41, 5.74) is 0. The SMILES string of the molecule is CCCC(C)O[C@H](C)CC(=O)O. The molecule has 0 rings (SSSR count). The molecule has 1 N–H and O–H groups in total. The van der Waals surface area contributed by atoms with Crippen molar-refractivity contribution in [2.24, 2.45) is 0 Å². The summed E-state index contributed by atoms with van der Waals surface area (Å²) in [5.74, 6) is -0.800. The molecule has 1 unspecified atom stereocenters. The topological polar surface area (TPSA) is 46.5 Å². The van der Waals surface area contributed by atoms with Crippen molar-refractivity contribution in [1.29, 1.82) is 0 Å². The molecule has 2 atom stereocenters. The van der Waals surface area contributed by atoms with Gasteiger partial charge in [-0.1, -0.05) is 13.3 Å². The van der Waals surface area contributed by atoms with Gasteiger partial charge in [0.15, 0.2) is 0 Å². The Kier molecular flexibility index (Phi) is 5.72. The first kappa shape index (κ1) is 11.4. The molecule has 0 spiro atoms. The highest BCUT2D eigenvalue weighted by Gasteiger charge is 2.10. The molecule has 0 saturated heterocycles. The Hall–Kier alpha value is -0.570. The molecule has 0 fully saturated rings. The minimum Gasteiger partial charge on any atom is -0.481 e. The van der Waals surface area contributed by atoms with E-state index < -0.39 is 5.97 Å². The van der Waals surface area contributed by atoms with E-state index >= 15 is 0 Å². The van der Waals surface area contributed by atoms with Crippen LogP contribution in [0.4, 0.5) is 0 Å². The van der Waals surface area contributed by atoms with Gasteiger partial charge in [-0.15, -0.1) is 0 Å². The maximum Gasteiger partial charge on any atom is 0.305 e. The third-order valence-corrected chi connectivity index (χ3v) is 1.62. The summed E-state index contributed by atoms with van der Waals surface area (Å²) in [5, 5.41) is 8.45. The van der Waals surface area contributed by atoms with Crippen LogP contribution in [0.3, 0.4) is 0 Å². The van der Waals surface area contributed by atoms with Gasteiger partial charge in [0.25, 0.3) is 0 Å². The van der Waals surface area contributed by atoms with Gasteiger partial charge in [0.2, 0.25) is 0 Å². The second-order valence-electron chi connectivity index (χ2n) is 3.14. The molecule has 72 valence electrons. The molecule has 0 bridgehead atoms. The van der Waals surface area contributed by atoms with Crippen LogP contribution in [0, 0.1) is 0 Å². The average Bonchev–Trinajstić information content (AvgIpc) is 1.84. The Morgan fingerprint density at radius 2 is 2.00 bits per heavy atom. The third kappa shape index (κ3) is 6.16. The molecule has 3 heteroatoms.